The van der Waals surface area contributed by atoms with E-state index in [-0.39, 0.29) is 24.0 Å². The normalized spacial score (nSPS) is 16.1. The zero-order valence-corrected chi connectivity index (χ0v) is 14.7. The van der Waals surface area contributed by atoms with Crippen LogP contribution in [0.15, 0.2) is 42.5 Å². The molecule has 1 amide bonds. The first-order chi connectivity index (χ1) is 12.6. The number of fused-ring (bicyclic) bond motifs is 1. The van der Waals surface area contributed by atoms with Crippen LogP contribution in [0, 0.1) is 0 Å². The highest BCUT2D eigenvalue weighted by molar-refractivity contribution is 6.30. The molecule has 3 N–H and O–H groups in total. The van der Waals surface area contributed by atoms with Crippen LogP contribution < -0.4 is 10.1 Å². The molecular weight excluding hydrogens is 354 g/mol. The molecule has 1 aromatic heterocycles. The second-order valence-electron chi connectivity index (χ2n) is 6.10. The highest BCUT2D eigenvalue weighted by atomic mass is 35.5. The summed E-state index contributed by atoms with van der Waals surface area (Å²) >= 11 is 5.99. The van der Waals surface area contributed by atoms with E-state index in [2.05, 4.69) is 15.5 Å². The fraction of sp³-hybridized carbons (Fsp3) is 0.158. The Hall–Kier alpha value is -2.99. The van der Waals surface area contributed by atoms with Gasteiger partial charge in [-0.05, 0) is 29.8 Å². The molecule has 2 aromatic carbocycles. The summed E-state index contributed by atoms with van der Waals surface area (Å²) in [5, 5.41) is 20.6. The molecule has 0 spiro atoms. The number of H-pyrrole nitrogens is 1. The number of benzene rings is 2. The maximum Gasteiger partial charge on any atom is 0.226 e. The molecule has 0 saturated heterocycles. The van der Waals surface area contributed by atoms with E-state index in [1.165, 1.54) is 7.11 Å². The van der Waals surface area contributed by atoms with E-state index < -0.39 is 0 Å². The standard InChI is InChI=1S/C19H16ClN3O3/c1-26-15-8-11(4-7-14(15)24)13-9-16(25)21-19-17(13)18(22-23-19)10-2-5-12(20)6-3-10/h2-8,13,24H,9H2,1H3,(H2,21,22,23,25). The van der Waals surface area contributed by atoms with Gasteiger partial charge in [-0.25, -0.2) is 0 Å². The minimum absolute atomic E-state index is 0.0573. The molecule has 0 aliphatic carbocycles. The lowest BCUT2D eigenvalue weighted by Crippen LogP contribution is -2.23. The number of halogens is 1. The lowest BCUT2D eigenvalue weighted by atomic mass is 9.84. The van der Waals surface area contributed by atoms with Crippen LogP contribution in [0.2, 0.25) is 5.02 Å². The molecule has 26 heavy (non-hydrogen) atoms. The molecule has 0 saturated carbocycles. The van der Waals surface area contributed by atoms with Gasteiger partial charge in [0.1, 0.15) is 0 Å². The van der Waals surface area contributed by atoms with Crippen molar-refractivity contribution in [2.75, 3.05) is 12.4 Å². The van der Waals surface area contributed by atoms with Gasteiger partial charge < -0.3 is 15.2 Å². The number of amides is 1. The van der Waals surface area contributed by atoms with Crippen LogP contribution in [-0.4, -0.2) is 28.3 Å². The Morgan fingerprint density at radius 2 is 2.00 bits per heavy atom. The van der Waals surface area contributed by atoms with E-state index in [0.717, 1.165) is 22.4 Å². The Balaban J connectivity index is 1.85. The highest BCUT2D eigenvalue weighted by Gasteiger charge is 2.32. The van der Waals surface area contributed by atoms with Crippen molar-refractivity contribution in [1.29, 1.82) is 0 Å². The summed E-state index contributed by atoms with van der Waals surface area (Å²) in [5.74, 6) is 0.623. The minimum Gasteiger partial charge on any atom is -0.504 e. The van der Waals surface area contributed by atoms with Crippen LogP contribution >= 0.6 is 11.6 Å². The number of anilines is 1. The Morgan fingerprint density at radius 1 is 1.23 bits per heavy atom. The van der Waals surface area contributed by atoms with Gasteiger partial charge in [0, 0.05) is 28.5 Å². The monoisotopic (exact) mass is 369 g/mol. The first kappa shape index (κ1) is 16.5. The van der Waals surface area contributed by atoms with E-state index in [9.17, 15) is 9.90 Å². The molecule has 0 radical (unpaired) electrons. The van der Waals surface area contributed by atoms with Gasteiger partial charge >= 0.3 is 0 Å². The van der Waals surface area contributed by atoms with Crippen LogP contribution in [0.25, 0.3) is 11.3 Å². The quantitative estimate of drug-likeness (QED) is 0.653. The molecule has 0 fully saturated rings. The van der Waals surface area contributed by atoms with Crippen molar-refractivity contribution in [1.82, 2.24) is 10.2 Å². The SMILES string of the molecule is COc1cc(C2CC(=O)Nc3n[nH]c(-c4ccc(Cl)cc4)c32)ccc1O. The number of carbonyl (C=O) groups is 1. The molecule has 1 unspecified atom stereocenters. The van der Waals surface area contributed by atoms with Crippen molar-refractivity contribution in [2.45, 2.75) is 12.3 Å². The number of aromatic amines is 1. The number of phenolic OH excluding ortho intramolecular Hbond substituents is 1. The van der Waals surface area contributed by atoms with Crippen molar-refractivity contribution in [3.8, 4) is 22.8 Å². The fourth-order valence-electron chi connectivity index (χ4n) is 3.29. The van der Waals surface area contributed by atoms with Crippen molar-refractivity contribution >= 4 is 23.3 Å². The molecule has 2 heterocycles. The van der Waals surface area contributed by atoms with Gasteiger partial charge in [-0.1, -0.05) is 29.8 Å². The number of aromatic hydroxyl groups is 1. The highest BCUT2D eigenvalue weighted by Crippen LogP contribution is 2.43. The first-order valence-electron chi connectivity index (χ1n) is 8.07. The van der Waals surface area contributed by atoms with Gasteiger partial charge in [-0.3, -0.25) is 9.89 Å². The van der Waals surface area contributed by atoms with Crippen LogP contribution in [0.4, 0.5) is 5.82 Å². The molecule has 1 atom stereocenters. The molecule has 132 valence electrons. The van der Waals surface area contributed by atoms with E-state index in [0.29, 0.717) is 16.6 Å². The number of methoxy groups -OCH3 is 1. The summed E-state index contributed by atoms with van der Waals surface area (Å²) in [6.07, 6.45) is 0.279. The van der Waals surface area contributed by atoms with Gasteiger partial charge in [-0.2, -0.15) is 5.10 Å². The molecular formula is C19H16ClN3O3. The molecule has 1 aliphatic heterocycles. The second kappa shape index (κ2) is 6.38. The van der Waals surface area contributed by atoms with E-state index in [4.69, 9.17) is 16.3 Å². The van der Waals surface area contributed by atoms with E-state index in [1.807, 2.05) is 24.3 Å². The Bertz CT molecular complexity index is 982. The van der Waals surface area contributed by atoms with Gasteiger partial charge in [0.15, 0.2) is 17.3 Å². The van der Waals surface area contributed by atoms with E-state index in [1.54, 1.807) is 18.2 Å². The molecule has 1 aliphatic rings. The largest absolute Gasteiger partial charge is 0.504 e. The summed E-state index contributed by atoms with van der Waals surface area (Å²) in [4.78, 5) is 12.2. The Labute approximate surface area is 154 Å². The van der Waals surface area contributed by atoms with Crippen molar-refractivity contribution in [3.05, 3.63) is 58.6 Å². The molecule has 3 aromatic rings. The zero-order chi connectivity index (χ0) is 18.3. The third-order valence-corrected chi connectivity index (χ3v) is 4.79. The predicted octanol–water partition coefficient (Wildman–Crippen LogP) is 3.92. The zero-order valence-electron chi connectivity index (χ0n) is 13.9. The van der Waals surface area contributed by atoms with Crippen LogP contribution in [0.3, 0.4) is 0 Å². The van der Waals surface area contributed by atoms with Crippen molar-refractivity contribution in [2.24, 2.45) is 0 Å². The molecule has 0 bridgehead atoms. The number of phenols is 1. The summed E-state index contributed by atoms with van der Waals surface area (Å²) in [6, 6.07) is 12.5. The second-order valence-corrected chi connectivity index (χ2v) is 6.54. The third kappa shape index (κ3) is 2.78. The number of aromatic nitrogens is 2. The topological polar surface area (TPSA) is 87.2 Å². The lowest BCUT2D eigenvalue weighted by Gasteiger charge is -2.24. The smallest absolute Gasteiger partial charge is 0.226 e. The van der Waals surface area contributed by atoms with Crippen LogP contribution in [-0.2, 0) is 4.79 Å². The number of nitrogens with zero attached hydrogens (tertiary/aromatic N) is 1. The molecule has 7 heteroatoms. The first-order valence-corrected chi connectivity index (χ1v) is 8.45. The number of rotatable bonds is 3. The Morgan fingerprint density at radius 3 is 2.73 bits per heavy atom. The van der Waals surface area contributed by atoms with Crippen LogP contribution in [0.1, 0.15) is 23.5 Å². The molecule has 4 rings (SSSR count). The van der Waals surface area contributed by atoms with Gasteiger partial charge in [0.25, 0.3) is 0 Å². The van der Waals surface area contributed by atoms with Crippen molar-refractivity contribution < 1.29 is 14.6 Å². The van der Waals surface area contributed by atoms with Gasteiger partial charge in [-0.15, -0.1) is 0 Å². The average molecular weight is 370 g/mol. The number of ether oxygens (including phenoxy) is 1. The Kier molecular flexibility index (Phi) is 4.05. The summed E-state index contributed by atoms with van der Waals surface area (Å²) in [7, 11) is 1.49. The summed E-state index contributed by atoms with van der Waals surface area (Å²) in [6.45, 7) is 0. The number of hydrogen-bond donors (Lipinski definition) is 3. The van der Waals surface area contributed by atoms with Gasteiger partial charge in [0.05, 0.1) is 12.8 Å². The van der Waals surface area contributed by atoms with Crippen molar-refractivity contribution in [3.63, 3.8) is 0 Å². The molecule has 6 nitrogen and oxygen atoms in total. The number of hydrogen-bond acceptors (Lipinski definition) is 4. The number of carbonyl (C=O) groups excluding carboxylic acids is 1. The average Bonchev–Trinajstić information content (AvgIpc) is 3.06. The minimum atomic E-state index is -0.210. The predicted molar refractivity (Wildman–Crippen MR) is 98.8 cm³/mol. The van der Waals surface area contributed by atoms with Gasteiger partial charge in [0.2, 0.25) is 5.91 Å². The third-order valence-electron chi connectivity index (χ3n) is 4.54. The maximum atomic E-state index is 12.2. The van der Waals surface area contributed by atoms with E-state index >= 15 is 0 Å². The summed E-state index contributed by atoms with van der Waals surface area (Å²) < 4.78 is 5.21. The summed E-state index contributed by atoms with van der Waals surface area (Å²) in [5.41, 5.74) is 3.52. The van der Waals surface area contributed by atoms with Crippen LogP contribution in [0.5, 0.6) is 11.5 Å². The lowest BCUT2D eigenvalue weighted by molar-refractivity contribution is -0.116. The fourth-order valence-corrected chi connectivity index (χ4v) is 3.41. The maximum absolute atomic E-state index is 12.2. The number of nitrogens with one attached hydrogen (secondary N) is 2.